The topological polar surface area (TPSA) is 70.2 Å². The minimum absolute atomic E-state index is 0.0439. The molecule has 0 aliphatic rings. The van der Waals surface area contributed by atoms with Crippen LogP contribution in [0.25, 0.3) is 0 Å². The van der Waals surface area contributed by atoms with Gasteiger partial charge in [-0.25, -0.2) is 4.79 Å². The van der Waals surface area contributed by atoms with Crippen LogP contribution in [-0.2, 0) is 11.3 Å². The van der Waals surface area contributed by atoms with Gasteiger partial charge in [0.15, 0.2) is 0 Å². The predicted molar refractivity (Wildman–Crippen MR) is 86.5 cm³/mol. The lowest BCUT2D eigenvalue weighted by atomic mass is 10.2. The zero-order valence-corrected chi connectivity index (χ0v) is 12.4. The largest absolute Gasteiger partial charge is 0.376 e. The van der Waals surface area contributed by atoms with Crippen molar-refractivity contribution in [1.29, 1.82) is 0 Å². The van der Waals surface area contributed by atoms with Gasteiger partial charge in [-0.05, 0) is 30.2 Å². The van der Waals surface area contributed by atoms with E-state index in [9.17, 15) is 9.59 Å². The summed E-state index contributed by atoms with van der Waals surface area (Å²) < 4.78 is 0. The Morgan fingerprint density at radius 3 is 2.50 bits per heavy atom. The Bertz CT molecular complexity index is 641. The lowest BCUT2D eigenvalue weighted by Crippen LogP contribution is -2.41. The summed E-state index contributed by atoms with van der Waals surface area (Å²) in [5.74, 6) is -0.382. The van der Waals surface area contributed by atoms with Crippen LogP contribution in [0.3, 0.4) is 0 Å². The number of hydrogen-bond acceptors (Lipinski definition) is 3. The molecule has 0 saturated heterocycles. The number of anilines is 1. The van der Waals surface area contributed by atoms with Gasteiger partial charge in [0.1, 0.15) is 0 Å². The molecule has 0 saturated carbocycles. The van der Waals surface area contributed by atoms with Crippen molar-refractivity contribution >= 4 is 17.6 Å². The number of carbonyl (C=O) groups excluding carboxylic acids is 2. The molecule has 3 N–H and O–H groups in total. The van der Waals surface area contributed by atoms with Gasteiger partial charge in [0.2, 0.25) is 5.91 Å². The minimum Gasteiger partial charge on any atom is -0.376 e. The van der Waals surface area contributed by atoms with E-state index >= 15 is 0 Å². The molecule has 0 radical (unpaired) electrons. The summed E-state index contributed by atoms with van der Waals surface area (Å²) in [5.41, 5.74) is 2.92. The van der Waals surface area contributed by atoms with Gasteiger partial charge in [-0.15, -0.1) is 0 Å². The van der Waals surface area contributed by atoms with E-state index in [2.05, 4.69) is 16.0 Å². The van der Waals surface area contributed by atoms with E-state index in [4.69, 9.17) is 0 Å². The molecule has 0 unspecified atom stereocenters. The number of amides is 3. The summed E-state index contributed by atoms with van der Waals surface area (Å²) in [6, 6.07) is 16.7. The van der Waals surface area contributed by atoms with Crippen LogP contribution in [0.2, 0.25) is 0 Å². The van der Waals surface area contributed by atoms with E-state index in [1.54, 1.807) is 0 Å². The predicted octanol–water partition coefficient (Wildman–Crippen LogP) is 2.43. The van der Waals surface area contributed by atoms with Crippen molar-refractivity contribution in [2.45, 2.75) is 13.5 Å². The second kappa shape index (κ2) is 7.83. The maximum Gasteiger partial charge on any atom is 0.321 e. The molecule has 0 fully saturated rings. The Balaban J connectivity index is 1.71. The molecule has 5 heteroatoms. The van der Waals surface area contributed by atoms with E-state index in [0.717, 1.165) is 16.8 Å². The van der Waals surface area contributed by atoms with Crippen molar-refractivity contribution in [2.75, 3.05) is 11.9 Å². The number of hydrogen-bond donors (Lipinski definition) is 3. The monoisotopic (exact) mass is 297 g/mol. The fraction of sp³-hybridized carbons (Fsp3) is 0.176. The summed E-state index contributed by atoms with van der Waals surface area (Å²) in [6.45, 7) is 2.40. The minimum atomic E-state index is -0.500. The highest BCUT2D eigenvalue weighted by Gasteiger charge is 2.07. The first-order valence-electron chi connectivity index (χ1n) is 7.05. The van der Waals surface area contributed by atoms with Gasteiger partial charge in [-0.3, -0.25) is 10.1 Å². The molecule has 22 heavy (non-hydrogen) atoms. The third kappa shape index (κ3) is 5.28. The molecule has 2 aromatic carbocycles. The Morgan fingerprint density at radius 2 is 1.77 bits per heavy atom. The van der Waals surface area contributed by atoms with Crippen molar-refractivity contribution in [1.82, 2.24) is 10.6 Å². The third-order valence-corrected chi connectivity index (χ3v) is 3.02. The number of rotatable bonds is 5. The van der Waals surface area contributed by atoms with Gasteiger partial charge >= 0.3 is 6.03 Å². The molecule has 0 aliphatic heterocycles. The fourth-order valence-electron chi connectivity index (χ4n) is 1.93. The smallest absolute Gasteiger partial charge is 0.321 e. The van der Waals surface area contributed by atoms with Gasteiger partial charge in [0.05, 0.1) is 6.54 Å². The molecule has 0 aliphatic carbocycles. The van der Waals surface area contributed by atoms with Crippen LogP contribution < -0.4 is 16.0 Å². The summed E-state index contributed by atoms with van der Waals surface area (Å²) in [6.07, 6.45) is 0. The van der Waals surface area contributed by atoms with Crippen LogP contribution in [0.15, 0.2) is 54.6 Å². The average molecular weight is 297 g/mol. The number of urea groups is 1. The zero-order chi connectivity index (χ0) is 15.8. The molecule has 3 amide bonds. The quantitative estimate of drug-likeness (QED) is 0.794. The molecule has 2 rings (SSSR count). The average Bonchev–Trinajstić information content (AvgIpc) is 2.52. The van der Waals surface area contributed by atoms with Gasteiger partial charge in [0, 0.05) is 12.2 Å². The van der Waals surface area contributed by atoms with Crippen LogP contribution >= 0.6 is 0 Å². The van der Waals surface area contributed by atoms with Crippen LogP contribution in [0.5, 0.6) is 0 Å². The van der Waals surface area contributed by atoms with Crippen molar-refractivity contribution in [3.63, 3.8) is 0 Å². The molecular formula is C17H19N3O2. The van der Waals surface area contributed by atoms with Gasteiger partial charge in [-0.2, -0.15) is 0 Å². The molecular weight excluding hydrogens is 278 g/mol. The van der Waals surface area contributed by atoms with Crippen LogP contribution in [0, 0.1) is 6.92 Å². The summed E-state index contributed by atoms with van der Waals surface area (Å²) in [4.78, 5) is 23.3. The van der Waals surface area contributed by atoms with E-state index in [1.807, 2.05) is 61.5 Å². The maximum atomic E-state index is 11.7. The maximum absolute atomic E-state index is 11.7. The fourth-order valence-corrected chi connectivity index (χ4v) is 1.93. The highest BCUT2D eigenvalue weighted by molar-refractivity contribution is 5.96. The lowest BCUT2D eigenvalue weighted by Gasteiger charge is -2.09. The lowest BCUT2D eigenvalue weighted by molar-refractivity contribution is -0.118. The van der Waals surface area contributed by atoms with Crippen molar-refractivity contribution < 1.29 is 9.59 Å². The van der Waals surface area contributed by atoms with Crippen LogP contribution in [-0.4, -0.2) is 18.5 Å². The van der Waals surface area contributed by atoms with Gasteiger partial charge in [-0.1, -0.05) is 42.5 Å². The standard InChI is InChI=1S/C17H19N3O2/c1-13-6-5-9-15(10-13)18-12-16(21)20-17(22)19-11-14-7-3-2-4-8-14/h2-10,18H,11-12H2,1H3,(H2,19,20,21,22). The SMILES string of the molecule is Cc1cccc(NCC(=O)NC(=O)NCc2ccccc2)c1. The van der Waals surface area contributed by atoms with Crippen LogP contribution in [0.4, 0.5) is 10.5 Å². The van der Waals surface area contributed by atoms with E-state index in [-0.39, 0.29) is 12.5 Å². The number of benzene rings is 2. The molecule has 0 aromatic heterocycles. The van der Waals surface area contributed by atoms with Crippen molar-refractivity contribution in [3.8, 4) is 0 Å². The zero-order valence-electron chi connectivity index (χ0n) is 12.4. The normalized spacial score (nSPS) is 9.86. The molecule has 0 bridgehead atoms. The Labute approximate surface area is 129 Å². The van der Waals surface area contributed by atoms with E-state index in [0.29, 0.717) is 6.54 Å². The second-order valence-corrected chi connectivity index (χ2v) is 4.94. The molecule has 2 aromatic rings. The Kier molecular flexibility index (Phi) is 5.54. The highest BCUT2D eigenvalue weighted by atomic mass is 16.2. The molecule has 0 atom stereocenters. The summed E-state index contributed by atoms with van der Waals surface area (Å²) in [5, 5.41) is 7.89. The second-order valence-electron chi connectivity index (χ2n) is 4.94. The number of carbonyl (C=O) groups is 2. The first-order valence-corrected chi connectivity index (χ1v) is 7.05. The van der Waals surface area contributed by atoms with Gasteiger partial charge in [0.25, 0.3) is 0 Å². The van der Waals surface area contributed by atoms with E-state index in [1.165, 1.54) is 0 Å². The summed E-state index contributed by atoms with van der Waals surface area (Å²) >= 11 is 0. The first-order chi connectivity index (χ1) is 10.6. The van der Waals surface area contributed by atoms with Crippen LogP contribution in [0.1, 0.15) is 11.1 Å². The van der Waals surface area contributed by atoms with E-state index < -0.39 is 6.03 Å². The third-order valence-electron chi connectivity index (χ3n) is 3.02. The highest BCUT2D eigenvalue weighted by Crippen LogP contribution is 2.08. The van der Waals surface area contributed by atoms with Crippen molar-refractivity contribution in [2.24, 2.45) is 0 Å². The molecule has 0 spiro atoms. The number of imide groups is 1. The Hall–Kier alpha value is -2.82. The molecule has 5 nitrogen and oxygen atoms in total. The number of aryl methyl sites for hydroxylation is 1. The first kappa shape index (κ1) is 15.6. The molecule has 0 heterocycles. The summed E-state index contributed by atoms with van der Waals surface area (Å²) in [7, 11) is 0. The molecule has 114 valence electrons. The van der Waals surface area contributed by atoms with Crippen molar-refractivity contribution in [3.05, 3.63) is 65.7 Å². The Morgan fingerprint density at radius 1 is 1.00 bits per heavy atom. The van der Waals surface area contributed by atoms with Gasteiger partial charge < -0.3 is 10.6 Å². The number of nitrogens with one attached hydrogen (secondary N) is 3.